The second-order valence-electron chi connectivity index (χ2n) is 8.34. The van der Waals surface area contributed by atoms with Crippen LogP contribution in [-0.2, 0) is 30.4 Å². The lowest BCUT2D eigenvalue weighted by atomic mass is 10.0. The van der Waals surface area contributed by atoms with Crippen molar-refractivity contribution in [1.82, 2.24) is 16.0 Å². The molecule has 0 heterocycles. The number of benzene rings is 1. The first-order valence-electron chi connectivity index (χ1n) is 10.8. The Morgan fingerprint density at radius 1 is 0.912 bits per heavy atom. The Bertz CT molecular complexity index is 888. The average molecular weight is 480 g/mol. The van der Waals surface area contributed by atoms with Crippen molar-refractivity contribution in [2.24, 2.45) is 17.4 Å². The van der Waals surface area contributed by atoms with Crippen LogP contribution in [0.5, 0.6) is 5.75 Å². The van der Waals surface area contributed by atoms with E-state index in [9.17, 15) is 29.1 Å². The van der Waals surface area contributed by atoms with E-state index in [0.717, 1.165) is 0 Å². The van der Waals surface area contributed by atoms with E-state index in [-0.39, 0.29) is 30.9 Å². The van der Waals surface area contributed by atoms with Crippen molar-refractivity contribution in [2.75, 3.05) is 0 Å². The molecule has 4 amide bonds. The fraction of sp³-hybridized carbons (Fsp3) is 0.500. The van der Waals surface area contributed by atoms with Crippen LogP contribution in [-0.4, -0.2) is 64.0 Å². The highest BCUT2D eigenvalue weighted by atomic mass is 16.4. The molecule has 0 aliphatic heterocycles. The second kappa shape index (κ2) is 13.1. The lowest BCUT2D eigenvalue weighted by Gasteiger charge is -2.26. The summed E-state index contributed by atoms with van der Waals surface area (Å²) in [6, 6.07) is 1.66. The first kappa shape index (κ1) is 28.4. The summed E-state index contributed by atoms with van der Waals surface area (Å²) in [6.07, 6.45) is -0.219. The Morgan fingerprint density at radius 3 is 2.00 bits per heavy atom. The summed E-state index contributed by atoms with van der Waals surface area (Å²) in [6.45, 7) is 4.61. The minimum absolute atomic E-state index is 0.0750. The lowest BCUT2D eigenvalue weighted by molar-refractivity contribution is -0.142. The maximum absolute atomic E-state index is 12.9. The lowest BCUT2D eigenvalue weighted by Crippen LogP contribution is -2.58. The molecule has 34 heavy (non-hydrogen) atoms. The molecule has 9 N–H and O–H groups in total. The number of rotatable bonds is 13. The van der Waals surface area contributed by atoms with Crippen molar-refractivity contribution < 1.29 is 34.2 Å². The van der Waals surface area contributed by atoms with Crippen LogP contribution in [0.3, 0.4) is 0 Å². The van der Waals surface area contributed by atoms with Crippen LogP contribution in [0.25, 0.3) is 0 Å². The Morgan fingerprint density at radius 2 is 1.50 bits per heavy atom. The van der Waals surface area contributed by atoms with Gasteiger partial charge in [-0.05, 0) is 43.4 Å². The monoisotopic (exact) mass is 479 g/mol. The molecule has 0 saturated heterocycles. The number of nitrogens with two attached hydrogens (primary N) is 2. The quantitative estimate of drug-likeness (QED) is 0.181. The van der Waals surface area contributed by atoms with Gasteiger partial charge in [0.05, 0.1) is 6.04 Å². The Kier molecular flexibility index (Phi) is 11.0. The third-order valence-electron chi connectivity index (χ3n) is 5.02. The summed E-state index contributed by atoms with van der Waals surface area (Å²) in [7, 11) is 0. The molecule has 1 rings (SSSR count). The van der Waals surface area contributed by atoms with Crippen LogP contribution in [0.1, 0.15) is 39.2 Å². The molecule has 0 saturated carbocycles. The molecule has 0 bridgehead atoms. The molecule has 0 spiro atoms. The zero-order valence-corrected chi connectivity index (χ0v) is 19.4. The van der Waals surface area contributed by atoms with Crippen molar-refractivity contribution in [3.05, 3.63) is 29.8 Å². The van der Waals surface area contributed by atoms with E-state index in [1.165, 1.54) is 19.1 Å². The third-order valence-corrected chi connectivity index (χ3v) is 5.02. The smallest absolute Gasteiger partial charge is 0.325 e. The molecule has 188 valence electrons. The molecule has 0 radical (unpaired) electrons. The van der Waals surface area contributed by atoms with Crippen LogP contribution in [0.2, 0.25) is 0 Å². The first-order valence-corrected chi connectivity index (χ1v) is 10.8. The van der Waals surface area contributed by atoms with E-state index >= 15 is 0 Å². The predicted octanol–water partition coefficient (Wildman–Crippen LogP) is -1.26. The molecular formula is C22H33N5O7. The van der Waals surface area contributed by atoms with Gasteiger partial charge in [0, 0.05) is 6.42 Å². The average Bonchev–Trinajstić information content (AvgIpc) is 2.75. The number of carbonyl (C=O) groups excluding carboxylic acids is 4. The maximum Gasteiger partial charge on any atom is 0.325 e. The van der Waals surface area contributed by atoms with E-state index in [2.05, 4.69) is 16.0 Å². The highest BCUT2D eigenvalue weighted by Gasteiger charge is 2.31. The minimum atomic E-state index is -1.27. The van der Waals surface area contributed by atoms with E-state index in [0.29, 0.717) is 5.56 Å². The highest BCUT2D eigenvalue weighted by Crippen LogP contribution is 2.11. The molecule has 1 aromatic rings. The van der Waals surface area contributed by atoms with Crippen LogP contribution in [0, 0.1) is 5.92 Å². The number of aromatic hydroxyl groups is 1. The van der Waals surface area contributed by atoms with Gasteiger partial charge < -0.3 is 37.6 Å². The third kappa shape index (κ3) is 9.45. The molecule has 0 aliphatic rings. The van der Waals surface area contributed by atoms with Crippen molar-refractivity contribution >= 4 is 29.6 Å². The van der Waals surface area contributed by atoms with Crippen molar-refractivity contribution in [1.29, 1.82) is 0 Å². The summed E-state index contributed by atoms with van der Waals surface area (Å²) in [5.41, 5.74) is 11.8. The van der Waals surface area contributed by atoms with E-state index < -0.39 is 53.8 Å². The fourth-order valence-electron chi connectivity index (χ4n) is 2.97. The van der Waals surface area contributed by atoms with Gasteiger partial charge in [0.15, 0.2) is 0 Å². The van der Waals surface area contributed by atoms with E-state index in [4.69, 9.17) is 16.6 Å². The number of carboxylic acids is 1. The van der Waals surface area contributed by atoms with Crippen LogP contribution >= 0.6 is 0 Å². The standard InChI is InChI=1S/C22H33N5O7/c1-11(2)18(27-19(30)15(23)10-13-4-6-14(28)7-5-13)21(32)26-16(8-9-17(24)29)20(31)25-12(3)22(33)34/h4-7,11-12,15-16,18,28H,8-10,23H2,1-3H3,(H2,24,29)(H,25,31)(H,26,32)(H,27,30)(H,33,34). The van der Waals surface area contributed by atoms with Gasteiger partial charge in [-0.3, -0.25) is 24.0 Å². The van der Waals surface area contributed by atoms with Crippen molar-refractivity contribution in [3.63, 3.8) is 0 Å². The van der Waals surface area contributed by atoms with Gasteiger partial charge in [-0.1, -0.05) is 26.0 Å². The summed E-state index contributed by atoms with van der Waals surface area (Å²) in [4.78, 5) is 60.2. The zero-order valence-electron chi connectivity index (χ0n) is 19.4. The minimum Gasteiger partial charge on any atom is -0.508 e. The zero-order chi connectivity index (χ0) is 26.0. The number of hydrogen-bond acceptors (Lipinski definition) is 7. The summed E-state index contributed by atoms with van der Waals surface area (Å²) >= 11 is 0. The SMILES string of the molecule is CC(NC(=O)C(CCC(N)=O)NC(=O)C(NC(=O)C(N)Cc1ccc(O)cc1)C(C)C)C(=O)O. The van der Waals surface area contributed by atoms with E-state index in [1.54, 1.807) is 26.0 Å². The maximum atomic E-state index is 12.9. The molecule has 12 nitrogen and oxygen atoms in total. The van der Waals surface area contributed by atoms with Crippen LogP contribution in [0.4, 0.5) is 0 Å². The number of phenols is 1. The van der Waals surface area contributed by atoms with Gasteiger partial charge >= 0.3 is 5.97 Å². The van der Waals surface area contributed by atoms with Crippen LogP contribution < -0.4 is 27.4 Å². The van der Waals surface area contributed by atoms with Gasteiger partial charge in [0.1, 0.15) is 23.9 Å². The molecule has 4 unspecified atom stereocenters. The number of primary amides is 1. The molecule has 0 aromatic heterocycles. The number of hydrogen-bond donors (Lipinski definition) is 7. The number of nitrogens with one attached hydrogen (secondary N) is 3. The van der Waals surface area contributed by atoms with Gasteiger partial charge in [0.25, 0.3) is 0 Å². The summed E-state index contributed by atoms with van der Waals surface area (Å²) in [5, 5.41) is 25.6. The molecular weight excluding hydrogens is 446 g/mol. The topological polar surface area (TPSA) is 214 Å². The molecule has 1 aromatic carbocycles. The Labute approximate surface area is 197 Å². The van der Waals surface area contributed by atoms with Crippen molar-refractivity contribution in [3.8, 4) is 5.75 Å². The highest BCUT2D eigenvalue weighted by molar-refractivity contribution is 5.94. The predicted molar refractivity (Wildman–Crippen MR) is 122 cm³/mol. The molecule has 0 aliphatic carbocycles. The Balaban J connectivity index is 2.89. The molecule has 12 heteroatoms. The first-order chi connectivity index (χ1) is 15.8. The molecule has 0 fully saturated rings. The van der Waals surface area contributed by atoms with Gasteiger partial charge in [0.2, 0.25) is 23.6 Å². The number of amides is 4. The fourth-order valence-corrected chi connectivity index (χ4v) is 2.97. The number of carbonyl (C=O) groups is 5. The number of phenolic OH excluding ortho intramolecular Hbond substituents is 1. The Hall–Kier alpha value is -3.67. The van der Waals surface area contributed by atoms with Gasteiger partial charge in [-0.2, -0.15) is 0 Å². The van der Waals surface area contributed by atoms with E-state index in [1.807, 2.05) is 0 Å². The summed E-state index contributed by atoms with van der Waals surface area (Å²) < 4.78 is 0. The van der Waals surface area contributed by atoms with Gasteiger partial charge in [-0.25, -0.2) is 0 Å². The van der Waals surface area contributed by atoms with Crippen molar-refractivity contribution in [2.45, 2.75) is 64.2 Å². The summed E-state index contributed by atoms with van der Waals surface area (Å²) in [5.74, 6) is -4.39. The largest absolute Gasteiger partial charge is 0.508 e. The molecule has 4 atom stereocenters. The normalized spacial score (nSPS) is 14.4. The van der Waals surface area contributed by atoms with Crippen LogP contribution in [0.15, 0.2) is 24.3 Å². The number of aliphatic carboxylic acids is 1. The number of carboxylic acid groups (broad SMARTS) is 1. The second-order valence-corrected chi connectivity index (χ2v) is 8.34. The van der Waals surface area contributed by atoms with Gasteiger partial charge in [-0.15, -0.1) is 0 Å².